The van der Waals surface area contributed by atoms with E-state index in [1.807, 2.05) is 56.3 Å². The maximum absolute atomic E-state index is 13.4. The molecule has 174 valence electrons. The van der Waals surface area contributed by atoms with Crippen LogP contribution in [0.2, 0.25) is 0 Å². The van der Waals surface area contributed by atoms with Crippen LogP contribution < -0.4 is 5.32 Å². The summed E-state index contributed by atoms with van der Waals surface area (Å²) in [6.45, 7) is 4.12. The Bertz CT molecular complexity index is 1480. The minimum absolute atomic E-state index is 0.0286. The zero-order valence-corrected chi connectivity index (χ0v) is 19.8. The van der Waals surface area contributed by atoms with Gasteiger partial charge in [-0.3, -0.25) is 9.78 Å². The first-order valence-corrected chi connectivity index (χ1v) is 13.0. The van der Waals surface area contributed by atoms with E-state index in [2.05, 4.69) is 15.4 Å². The van der Waals surface area contributed by atoms with E-state index in [0.29, 0.717) is 34.4 Å². The van der Waals surface area contributed by atoms with E-state index in [0.717, 1.165) is 16.8 Å². The van der Waals surface area contributed by atoms with Crippen molar-refractivity contribution in [1.82, 2.24) is 25.1 Å². The predicted octanol–water partition coefficient (Wildman–Crippen LogP) is 3.40. The molecule has 1 aliphatic heterocycles. The fourth-order valence-electron chi connectivity index (χ4n) is 4.36. The summed E-state index contributed by atoms with van der Waals surface area (Å²) in [5.41, 5.74) is 5.01. The Labute approximate surface area is 198 Å². The highest BCUT2D eigenvalue weighted by Crippen LogP contribution is 2.32. The molecule has 0 bridgehead atoms. The Kier molecular flexibility index (Phi) is 5.65. The van der Waals surface area contributed by atoms with Gasteiger partial charge in [0.25, 0.3) is 5.91 Å². The van der Waals surface area contributed by atoms with Crippen molar-refractivity contribution in [1.29, 1.82) is 0 Å². The van der Waals surface area contributed by atoms with Crippen LogP contribution in [0.1, 0.15) is 39.8 Å². The standard InChI is InChI=1S/C25H25N5O3S/c1-16-6-8-18(9-7-16)22-13-21(25(31)27-14-19-5-3-4-11-26-19)23-17(2)29-30(24(23)28-22)20-10-12-34(32,33)15-20/h3-9,11,13,20H,10,12,14-15H2,1-2H3,(H,27,31). The van der Waals surface area contributed by atoms with Crippen LogP contribution in [0.15, 0.2) is 54.7 Å². The van der Waals surface area contributed by atoms with Crippen LogP contribution in [0.4, 0.5) is 0 Å². The van der Waals surface area contributed by atoms with E-state index < -0.39 is 9.84 Å². The average molecular weight is 476 g/mol. The van der Waals surface area contributed by atoms with Gasteiger partial charge in [-0.2, -0.15) is 5.10 Å². The number of nitrogens with zero attached hydrogens (tertiary/aromatic N) is 4. The Morgan fingerprint density at radius 1 is 1.15 bits per heavy atom. The maximum atomic E-state index is 13.4. The Balaban J connectivity index is 1.62. The van der Waals surface area contributed by atoms with Crippen molar-refractivity contribution < 1.29 is 13.2 Å². The van der Waals surface area contributed by atoms with E-state index in [-0.39, 0.29) is 30.0 Å². The third kappa shape index (κ3) is 4.31. The summed E-state index contributed by atoms with van der Waals surface area (Å²) in [5, 5.41) is 8.23. The number of sulfone groups is 1. The second-order valence-corrected chi connectivity index (χ2v) is 10.9. The molecule has 4 aromatic rings. The van der Waals surface area contributed by atoms with Gasteiger partial charge in [-0.15, -0.1) is 0 Å². The number of nitrogens with one attached hydrogen (secondary N) is 1. The molecule has 34 heavy (non-hydrogen) atoms. The molecule has 0 spiro atoms. The van der Waals surface area contributed by atoms with Gasteiger partial charge in [0.15, 0.2) is 15.5 Å². The summed E-state index contributed by atoms with van der Waals surface area (Å²) in [6.07, 6.45) is 2.17. The Hall–Kier alpha value is -3.59. The summed E-state index contributed by atoms with van der Waals surface area (Å²) >= 11 is 0. The van der Waals surface area contributed by atoms with Crippen molar-refractivity contribution in [3.05, 3.63) is 77.2 Å². The van der Waals surface area contributed by atoms with Crippen molar-refractivity contribution in [3.8, 4) is 11.3 Å². The number of hydrogen-bond acceptors (Lipinski definition) is 6. The lowest BCUT2D eigenvalue weighted by atomic mass is 10.0. The molecular formula is C25H25N5O3S. The maximum Gasteiger partial charge on any atom is 0.252 e. The number of benzene rings is 1. The molecule has 0 radical (unpaired) electrons. The number of aryl methyl sites for hydroxylation is 2. The lowest BCUT2D eigenvalue weighted by molar-refractivity contribution is 0.0952. The minimum Gasteiger partial charge on any atom is -0.346 e. The smallest absolute Gasteiger partial charge is 0.252 e. The van der Waals surface area contributed by atoms with E-state index >= 15 is 0 Å². The van der Waals surface area contributed by atoms with E-state index in [4.69, 9.17) is 4.98 Å². The van der Waals surface area contributed by atoms with E-state index in [1.54, 1.807) is 16.9 Å². The van der Waals surface area contributed by atoms with Gasteiger partial charge in [-0.25, -0.2) is 18.1 Å². The number of hydrogen-bond donors (Lipinski definition) is 1. The lowest BCUT2D eigenvalue weighted by Gasteiger charge is -2.12. The van der Waals surface area contributed by atoms with Crippen molar-refractivity contribution in [2.24, 2.45) is 0 Å². The third-order valence-corrected chi connectivity index (χ3v) is 7.89. The summed E-state index contributed by atoms with van der Waals surface area (Å²) in [7, 11) is -3.11. The highest BCUT2D eigenvalue weighted by Gasteiger charge is 2.32. The fraction of sp³-hybridized carbons (Fsp3) is 0.280. The summed E-state index contributed by atoms with van der Waals surface area (Å²) in [4.78, 5) is 22.5. The van der Waals surface area contributed by atoms with E-state index in [9.17, 15) is 13.2 Å². The van der Waals surface area contributed by atoms with Crippen molar-refractivity contribution in [2.75, 3.05) is 11.5 Å². The first kappa shape index (κ1) is 22.2. The van der Waals surface area contributed by atoms with Crippen LogP contribution >= 0.6 is 0 Å². The third-order valence-electron chi connectivity index (χ3n) is 6.14. The summed E-state index contributed by atoms with van der Waals surface area (Å²) < 4.78 is 26.0. The van der Waals surface area contributed by atoms with Crippen molar-refractivity contribution >= 4 is 26.8 Å². The zero-order chi connectivity index (χ0) is 23.9. The van der Waals surface area contributed by atoms with Crippen molar-refractivity contribution in [2.45, 2.75) is 32.9 Å². The molecule has 1 amide bonds. The van der Waals surface area contributed by atoms with Crippen LogP contribution in [0.25, 0.3) is 22.3 Å². The Morgan fingerprint density at radius 2 is 1.94 bits per heavy atom. The van der Waals surface area contributed by atoms with Gasteiger partial charge < -0.3 is 5.32 Å². The van der Waals surface area contributed by atoms with Gasteiger partial charge in [0.2, 0.25) is 0 Å². The molecule has 5 rings (SSSR count). The molecule has 1 saturated heterocycles. The Morgan fingerprint density at radius 3 is 2.62 bits per heavy atom. The monoisotopic (exact) mass is 475 g/mol. The molecule has 9 heteroatoms. The van der Waals surface area contributed by atoms with Crippen LogP contribution in [-0.2, 0) is 16.4 Å². The lowest BCUT2D eigenvalue weighted by Crippen LogP contribution is -2.24. The van der Waals surface area contributed by atoms with Gasteiger partial charge >= 0.3 is 0 Å². The normalized spacial score (nSPS) is 17.2. The van der Waals surface area contributed by atoms with Gasteiger partial charge in [0.1, 0.15) is 0 Å². The molecule has 0 aliphatic carbocycles. The van der Waals surface area contributed by atoms with Gasteiger partial charge in [0, 0.05) is 11.8 Å². The van der Waals surface area contributed by atoms with Gasteiger partial charge in [0.05, 0.1) is 52.1 Å². The first-order valence-electron chi connectivity index (χ1n) is 11.2. The molecule has 1 fully saturated rings. The topological polar surface area (TPSA) is 107 Å². The number of aromatic nitrogens is 4. The first-order chi connectivity index (χ1) is 16.3. The molecule has 1 atom stereocenters. The van der Waals surface area contributed by atoms with Crippen molar-refractivity contribution in [3.63, 3.8) is 0 Å². The van der Waals surface area contributed by atoms with Crippen LogP contribution in [0.5, 0.6) is 0 Å². The van der Waals surface area contributed by atoms with Crippen LogP contribution in [0, 0.1) is 13.8 Å². The number of amides is 1. The van der Waals surface area contributed by atoms with Crippen LogP contribution in [-0.4, -0.2) is 45.6 Å². The second kappa shape index (κ2) is 8.64. The number of carbonyl (C=O) groups is 1. The van der Waals surface area contributed by atoms with Gasteiger partial charge in [-0.05, 0) is 38.5 Å². The van der Waals surface area contributed by atoms with Gasteiger partial charge in [-0.1, -0.05) is 35.9 Å². The molecule has 8 nitrogen and oxygen atoms in total. The molecule has 3 aromatic heterocycles. The molecule has 0 saturated carbocycles. The molecule has 4 heterocycles. The quantitative estimate of drug-likeness (QED) is 0.474. The predicted molar refractivity (Wildman–Crippen MR) is 130 cm³/mol. The van der Waals surface area contributed by atoms with E-state index in [1.165, 1.54) is 0 Å². The SMILES string of the molecule is Cc1ccc(-c2cc(C(=O)NCc3ccccn3)c3c(C)nn(C4CCS(=O)(=O)C4)c3n2)cc1. The highest BCUT2D eigenvalue weighted by molar-refractivity contribution is 7.91. The molecule has 1 aliphatic rings. The summed E-state index contributed by atoms with van der Waals surface area (Å²) in [5.74, 6) is -0.0957. The fourth-order valence-corrected chi connectivity index (χ4v) is 6.05. The summed E-state index contributed by atoms with van der Waals surface area (Å²) in [6, 6.07) is 15.0. The average Bonchev–Trinajstić information content (AvgIpc) is 3.36. The highest BCUT2D eigenvalue weighted by atomic mass is 32.2. The number of rotatable bonds is 5. The minimum atomic E-state index is -3.11. The molecule has 1 aromatic carbocycles. The largest absolute Gasteiger partial charge is 0.346 e. The molecule has 1 unspecified atom stereocenters. The number of pyridine rings is 2. The zero-order valence-electron chi connectivity index (χ0n) is 19.0. The van der Waals surface area contributed by atoms with Crippen LogP contribution in [0.3, 0.4) is 0 Å². The second-order valence-electron chi connectivity index (χ2n) is 8.71. The number of carbonyl (C=O) groups excluding carboxylic acids is 1. The number of fused-ring (bicyclic) bond motifs is 1. The molecule has 1 N–H and O–H groups in total. The molecular weight excluding hydrogens is 450 g/mol.